The minimum atomic E-state index is 0.0635. The van der Waals surface area contributed by atoms with Gasteiger partial charge in [-0.3, -0.25) is 14.5 Å². The molecule has 2 aromatic heterocycles. The Hall–Kier alpha value is -1.69. The molecule has 112 valence electrons. The summed E-state index contributed by atoms with van der Waals surface area (Å²) in [5, 5.41) is 7.66. The zero-order valence-corrected chi connectivity index (χ0v) is 13.2. The summed E-state index contributed by atoms with van der Waals surface area (Å²) in [5.74, 6) is 0.0635. The van der Waals surface area contributed by atoms with Crippen LogP contribution in [0.4, 0.5) is 0 Å². The molecule has 0 fully saturated rings. The van der Waals surface area contributed by atoms with Gasteiger partial charge in [0.05, 0.1) is 29.9 Å². The molecule has 1 amide bonds. The number of aromatic nitrogens is 3. The van der Waals surface area contributed by atoms with Crippen molar-refractivity contribution in [2.45, 2.75) is 51.6 Å². The van der Waals surface area contributed by atoms with Crippen molar-refractivity contribution in [2.75, 3.05) is 0 Å². The fourth-order valence-corrected chi connectivity index (χ4v) is 3.50. The molecule has 2 heterocycles. The Morgan fingerprint density at radius 2 is 2.38 bits per heavy atom. The molecule has 5 nitrogen and oxygen atoms in total. The maximum absolute atomic E-state index is 12.2. The van der Waals surface area contributed by atoms with Crippen molar-refractivity contribution in [1.82, 2.24) is 20.1 Å². The Bertz CT molecular complexity index is 618. The average molecular weight is 304 g/mol. The smallest absolute Gasteiger partial charge is 0.225 e. The van der Waals surface area contributed by atoms with E-state index in [4.69, 9.17) is 0 Å². The number of rotatable bonds is 4. The second kappa shape index (κ2) is 5.97. The summed E-state index contributed by atoms with van der Waals surface area (Å²) in [5.41, 5.74) is 4.22. The van der Waals surface area contributed by atoms with E-state index in [-0.39, 0.29) is 11.9 Å². The van der Waals surface area contributed by atoms with Crippen molar-refractivity contribution in [1.29, 1.82) is 0 Å². The van der Waals surface area contributed by atoms with Crippen LogP contribution in [0.3, 0.4) is 0 Å². The molecule has 3 rings (SSSR count). The van der Waals surface area contributed by atoms with Crippen LogP contribution in [0.2, 0.25) is 0 Å². The van der Waals surface area contributed by atoms with Gasteiger partial charge in [-0.25, -0.2) is 0 Å². The van der Waals surface area contributed by atoms with Gasteiger partial charge in [0.15, 0.2) is 0 Å². The summed E-state index contributed by atoms with van der Waals surface area (Å²) < 4.78 is 2.05. The predicted molar refractivity (Wildman–Crippen MR) is 82.3 cm³/mol. The van der Waals surface area contributed by atoms with E-state index in [1.165, 1.54) is 22.6 Å². The monoisotopic (exact) mass is 304 g/mol. The van der Waals surface area contributed by atoms with Crippen LogP contribution in [-0.2, 0) is 17.6 Å². The summed E-state index contributed by atoms with van der Waals surface area (Å²) in [6.45, 7) is 4.25. The lowest BCUT2D eigenvalue weighted by molar-refractivity contribution is -0.121. The highest BCUT2D eigenvalue weighted by Crippen LogP contribution is 2.31. The number of amides is 1. The summed E-state index contributed by atoms with van der Waals surface area (Å²) >= 11 is 1.52. The van der Waals surface area contributed by atoms with Gasteiger partial charge in [0.1, 0.15) is 0 Å². The van der Waals surface area contributed by atoms with Crippen LogP contribution in [0, 0.1) is 0 Å². The summed E-state index contributed by atoms with van der Waals surface area (Å²) in [7, 11) is 0. The van der Waals surface area contributed by atoms with Crippen LogP contribution in [0.5, 0.6) is 0 Å². The second-order valence-corrected chi connectivity index (χ2v) is 6.72. The number of carbonyl (C=O) groups excluding carboxylic acids is 1. The van der Waals surface area contributed by atoms with E-state index in [1.807, 2.05) is 10.9 Å². The molecule has 0 spiro atoms. The molecule has 6 heteroatoms. The van der Waals surface area contributed by atoms with Crippen LogP contribution < -0.4 is 5.32 Å². The van der Waals surface area contributed by atoms with Gasteiger partial charge in [-0.1, -0.05) is 0 Å². The van der Waals surface area contributed by atoms with Crippen molar-refractivity contribution in [2.24, 2.45) is 0 Å². The molecular weight excluding hydrogens is 284 g/mol. The van der Waals surface area contributed by atoms with Gasteiger partial charge in [-0.05, 0) is 38.7 Å². The van der Waals surface area contributed by atoms with E-state index in [2.05, 4.69) is 29.2 Å². The van der Waals surface area contributed by atoms with Crippen LogP contribution in [0.1, 0.15) is 54.9 Å². The molecule has 0 bridgehead atoms. The number of hydrogen-bond donors (Lipinski definition) is 1. The molecule has 0 saturated carbocycles. The van der Waals surface area contributed by atoms with Gasteiger partial charge in [-0.15, -0.1) is 11.3 Å². The topological polar surface area (TPSA) is 59.8 Å². The molecule has 1 aliphatic rings. The maximum Gasteiger partial charge on any atom is 0.225 e. The van der Waals surface area contributed by atoms with Crippen molar-refractivity contribution < 1.29 is 4.79 Å². The summed E-state index contributed by atoms with van der Waals surface area (Å²) in [6, 6.07) is 0.395. The van der Waals surface area contributed by atoms with E-state index in [9.17, 15) is 4.79 Å². The predicted octanol–water partition coefficient (Wildman–Crippen LogP) is 2.66. The molecular formula is C15H20N4OS. The van der Waals surface area contributed by atoms with Crippen LogP contribution in [-0.4, -0.2) is 20.7 Å². The lowest BCUT2D eigenvalue weighted by Crippen LogP contribution is -2.33. The normalized spacial score (nSPS) is 17.8. The lowest BCUT2D eigenvalue weighted by Gasteiger charge is -2.26. The minimum absolute atomic E-state index is 0.0635. The molecule has 1 aliphatic carbocycles. The Labute approximate surface area is 128 Å². The molecule has 0 aliphatic heterocycles. The van der Waals surface area contributed by atoms with Crippen molar-refractivity contribution in [3.05, 3.63) is 34.0 Å². The first-order valence-corrected chi connectivity index (χ1v) is 8.26. The van der Waals surface area contributed by atoms with E-state index in [0.717, 1.165) is 24.1 Å². The molecule has 2 aromatic rings. The zero-order chi connectivity index (χ0) is 14.8. The maximum atomic E-state index is 12.2. The van der Waals surface area contributed by atoms with Crippen LogP contribution >= 0.6 is 11.3 Å². The van der Waals surface area contributed by atoms with Gasteiger partial charge >= 0.3 is 0 Å². The standard InChI is InChI=1S/C15H20N4OS/c1-10(2)19-15-11(7-17-19)4-3-5-13(15)18-14(20)6-12-8-16-9-21-12/h7-10,13H,3-6H2,1-2H3,(H,18,20). The summed E-state index contributed by atoms with van der Waals surface area (Å²) in [6.07, 6.45) is 7.27. The largest absolute Gasteiger partial charge is 0.347 e. The number of nitrogens with one attached hydrogen (secondary N) is 1. The first-order chi connectivity index (χ1) is 10.1. The highest BCUT2D eigenvalue weighted by molar-refractivity contribution is 7.09. The Kier molecular flexibility index (Phi) is 4.05. The van der Waals surface area contributed by atoms with Crippen molar-refractivity contribution in [3.63, 3.8) is 0 Å². The Balaban J connectivity index is 1.75. The van der Waals surface area contributed by atoms with Crippen LogP contribution in [0.15, 0.2) is 17.9 Å². The highest BCUT2D eigenvalue weighted by Gasteiger charge is 2.27. The number of thiazole rings is 1. The Morgan fingerprint density at radius 1 is 1.52 bits per heavy atom. The first kappa shape index (κ1) is 14.3. The number of nitrogens with zero attached hydrogens (tertiary/aromatic N) is 3. The van der Waals surface area contributed by atoms with Gasteiger partial charge in [0.2, 0.25) is 5.91 Å². The number of carbonyl (C=O) groups is 1. The third-order valence-electron chi connectivity index (χ3n) is 3.83. The van der Waals surface area contributed by atoms with Gasteiger partial charge in [0, 0.05) is 17.1 Å². The van der Waals surface area contributed by atoms with Gasteiger partial charge in [-0.2, -0.15) is 5.10 Å². The molecule has 0 radical (unpaired) electrons. The van der Waals surface area contributed by atoms with Crippen LogP contribution in [0.25, 0.3) is 0 Å². The number of hydrogen-bond acceptors (Lipinski definition) is 4. The molecule has 1 unspecified atom stereocenters. The fraction of sp³-hybridized carbons (Fsp3) is 0.533. The third-order valence-corrected chi connectivity index (χ3v) is 4.61. The van der Waals surface area contributed by atoms with Gasteiger partial charge < -0.3 is 5.32 Å². The van der Waals surface area contributed by atoms with E-state index in [1.54, 1.807) is 11.7 Å². The molecule has 0 saturated heterocycles. The third kappa shape index (κ3) is 3.00. The highest BCUT2D eigenvalue weighted by atomic mass is 32.1. The quantitative estimate of drug-likeness (QED) is 0.944. The van der Waals surface area contributed by atoms with E-state index < -0.39 is 0 Å². The second-order valence-electron chi connectivity index (χ2n) is 5.75. The van der Waals surface area contributed by atoms with E-state index >= 15 is 0 Å². The first-order valence-electron chi connectivity index (χ1n) is 7.38. The fourth-order valence-electron chi connectivity index (χ4n) is 2.90. The summed E-state index contributed by atoms with van der Waals surface area (Å²) in [4.78, 5) is 17.2. The van der Waals surface area contributed by atoms with Crippen molar-refractivity contribution in [3.8, 4) is 0 Å². The molecule has 21 heavy (non-hydrogen) atoms. The SMILES string of the molecule is CC(C)n1ncc2c1C(NC(=O)Cc1cncs1)CCC2. The number of fused-ring (bicyclic) bond motifs is 1. The lowest BCUT2D eigenvalue weighted by atomic mass is 9.93. The molecule has 1 N–H and O–H groups in total. The van der Waals surface area contributed by atoms with E-state index in [0.29, 0.717) is 12.5 Å². The average Bonchev–Trinajstić information content (AvgIpc) is 3.07. The Morgan fingerprint density at radius 3 is 3.10 bits per heavy atom. The van der Waals surface area contributed by atoms with Crippen molar-refractivity contribution >= 4 is 17.2 Å². The molecule has 0 aromatic carbocycles. The minimum Gasteiger partial charge on any atom is -0.347 e. The number of aryl methyl sites for hydroxylation is 1. The van der Waals surface area contributed by atoms with Gasteiger partial charge in [0.25, 0.3) is 0 Å². The zero-order valence-electron chi connectivity index (χ0n) is 12.4. The molecule has 1 atom stereocenters.